The Morgan fingerprint density at radius 1 is 1.03 bits per heavy atom. The summed E-state index contributed by atoms with van der Waals surface area (Å²) in [6.07, 6.45) is 4.03. The van der Waals surface area contributed by atoms with E-state index in [1.54, 1.807) is 11.1 Å². The quantitative estimate of drug-likeness (QED) is 0.773. The van der Waals surface area contributed by atoms with Crippen molar-refractivity contribution in [1.82, 2.24) is 19.8 Å². The van der Waals surface area contributed by atoms with Crippen LogP contribution < -0.4 is 5.56 Å². The van der Waals surface area contributed by atoms with Crippen molar-refractivity contribution in [1.29, 1.82) is 0 Å². The lowest BCUT2D eigenvalue weighted by atomic mass is 10.1. The Kier molecular flexibility index (Phi) is 6.64. The van der Waals surface area contributed by atoms with E-state index in [1.807, 2.05) is 0 Å². The molecule has 3 aliphatic rings. The van der Waals surface area contributed by atoms with Gasteiger partial charge >= 0.3 is 6.18 Å². The maximum atomic E-state index is 12.6. The summed E-state index contributed by atoms with van der Waals surface area (Å²) in [5.41, 5.74) is 0.997. The van der Waals surface area contributed by atoms with Crippen molar-refractivity contribution in [2.75, 3.05) is 19.6 Å². The summed E-state index contributed by atoms with van der Waals surface area (Å²) in [5, 5.41) is 0. The molecule has 32 heavy (non-hydrogen) atoms. The lowest BCUT2D eigenvalue weighted by Crippen LogP contribution is -2.42. The van der Waals surface area contributed by atoms with Crippen LogP contribution in [0.2, 0.25) is 0 Å². The first-order valence-corrected chi connectivity index (χ1v) is 11.0. The summed E-state index contributed by atoms with van der Waals surface area (Å²) in [6.45, 7) is 2.97. The molecule has 9 heteroatoms. The molecule has 1 N–H and O–H groups in total. The van der Waals surface area contributed by atoms with Crippen molar-refractivity contribution in [3.8, 4) is 0 Å². The number of benzene rings is 1. The molecule has 1 atom stereocenters. The molecule has 1 amide bonds. The molecule has 3 heterocycles. The fraction of sp³-hybridized carbons (Fsp3) is 0.522. The van der Waals surface area contributed by atoms with Gasteiger partial charge in [-0.2, -0.15) is 13.2 Å². The molecule has 1 aromatic carbocycles. The van der Waals surface area contributed by atoms with E-state index in [0.717, 1.165) is 55.7 Å². The zero-order chi connectivity index (χ0) is 22.7. The van der Waals surface area contributed by atoms with E-state index < -0.39 is 11.7 Å². The van der Waals surface area contributed by atoms with Crippen molar-refractivity contribution in [3.05, 3.63) is 63.8 Å². The molecule has 0 spiro atoms. The second-order valence-corrected chi connectivity index (χ2v) is 8.61. The second kappa shape index (κ2) is 9.44. The number of alkyl halides is 3. The summed E-state index contributed by atoms with van der Waals surface area (Å²) >= 11 is 0. The third-order valence-electron chi connectivity index (χ3n) is 6.18. The summed E-state index contributed by atoms with van der Waals surface area (Å²) < 4.78 is 37.7. The third kappa shape index (κ3) is 5.56. The first-order chi connectivity index (χ1) is 15.3. The van der Waals surface area contributed by atoms with Crippen LogP contribution in [-0.4, -0.2) is 51.4 Å². The number of nitrogens with one attached hydrogen (secondary N) is 1. The average molecular weight is 451 g/mol. The van der Waals surface area contributed by atoms with Crippen LogP contribution in [0.25, 0.3) is 0 Å². The van der Waals surface area contributed by atoms with Crippen LogP contribution in [0, 0.1) is 0 Å². The minimum atomic E-state index is -4.32. The number of aromatic amines is 1. The molecule has 5 rings (SSSR count). The Morgan fingerprint density at radius 3 is 2.38 bits per heavy atom. The molecule has 0 radical (unpaired) electrons. The van der Waals surface area contributed by atoms with Gasteiger partial charge < -0.3 is 9.88 Å². The maximum Gasteiger partial charge on any atom is 0.416 e. The first kappa shape index (κ1) is 22.5. The van der Waals surface area contributed by atoms with Gasteiger partial charge in [-0.25, -0.2) is 0 Å². The number of hydrogen-bond acceptors (Lipinski definition) is 4. The summed E-state index contributed by atoms with van der Waals surface area (Å²) in [7, 11) is 0. The van der Waals surface area contributed by atoms with Gasteiger partial charge in [0.15, 0.2) is 0 Å². The molecule has 3 fully saturated rings. The number of carbonyl (C=O) groups is 1. The van der Waals surface area contributed by atoms with Crippen LogP contribution >= 0.6 is 0 Å². The van der Waals surface area contributed by atoms with Gasteiger partial charge in [-0.1, -0.05) is 12.1 Å². The van der Waals surface area contributed by atoms with E-state index in [9.17, 15) is 22.8 Å². The Morgan fingerprint density at radius 2 is 1.75 bits per heavy atom. The zero-order valence-electron chi connectivity index (χ0n) is 17.8. The number of amides is 1. The molecule has 174 valence electrons. The standard InChI is InChI=1S/C16H19F3N2O.C7H8N2O.H2/c17-16(18,19)13-6-4-12(5-7-13)11-21-10-2-9-20-8-1-3-14(20)15(21)22;10-7-4-8-6(3-9-7)5-1-2-5;/h4-7,14H,1-3,8-11H2;3-5H,1-2H2,(H,9,10);1H. The molecule has 1 aromatic heterocycles. The van der Waals surface area contributed by atoms with Gasteiger partial charge in [-0.05, 0) is 56.3 Å². The lowest BCUT2D eigenvalue weighted by Gasteiger charge is -2.25. The van der Waals surface area contributed by atoms with Crippen LogP contribution in [0.4, 0.5) is 13.2 Å². The molecule has 1 saturated carbocycles. The van der Waals surface area contributed by atoms with Crippen LogP contribution in [0.3, 0.4) is 0 Å². The van der Waals surface area contributed by atoms with Gasteiger partial charge in [0.2, 0.25) is 5.91 Å². The number of aromatic nitrogens is 2. The average Bonchev–Trinajstić information content (AvgIpc) is 3.53. The fourth-order valence-corrected chi connectivity index (χ4v) is 4.29. The summed E-state index contributed by atoms with van der Waals surface area (Å²) in [5.74, 6) is 0.742. The van der Waals surface area contributed by atoms with Crippen LogP contribution in [0.15, 0.2) is 41.5 Å². The van der Waals surface area contributed by atoms with Crippen molar-refractivity contribution in [3.63, 3.8) is 0 Å². The SMILES string of the molecule is O=C1C2CCCN2CCCN1Cc1ccc(C(F)(F)F)cc1.O=c1cnc(C2CC2)c[nH]1.[HH]. The first-order valence-electron chi connectivity index (χ1n) is 11.0. The van der Waals surface area contributed by atoms with Crippen LogP contribution in [0.5, 0.6) is 0 Å². The van der Waals surface area contributed by atoms with Crippen molar-refractivity contribution < 1.29 is 19.4 Å². The van der Waals surface area contributed by atoms with Crippen molar-refractivity contribution >= 4 is 5.91 Å². The van der Waals surface area contributed by atoms with E-state index in [4.69, 9.17) is 0 Å². The van der Waals surface area contributed by atoms with E-state index >= 15 is 0 Å². The third-order valence-corrected chi connectivity index (χ3v) is 6.18. The Balaban J connectivity index is 0.000000233. The molecular formula is C23H29F3N4O2. The van der Waals surface area contributed by atoms with Crippen LogP contribution in [-0.2, 0) is 17.5 Å². The number of halogens is 3. The number of nitrogens with zero attached hydrogens (tertiary/aromatic N) is 3. The highest BCUT2D eigenvalue weighted by Gasteiger charge is 2.35. The van der Waals surface area contributed by atoms with Gasteiger partial charge in [0, 0.05) is 33.2 Å². The minimum absolute atomic E-state index is 0. The number of hydrogen-bond donors (Lipinski definition) is 1. The predicted molar refractivity (Wildman–Crippen MR) is 115 cm³/mol. The highest BCUT2D eigenvalue weighted by Crippen LogP contribution is 2.38. The highest BCUT2D eigenvalue weighted by molar-refractivity contribution is 5.82. The monoisotopic (exact) mass is 450 g/mol. The molecule has 2 aliphatic heterocycles. The van der Waals surface area contributed by atoms with Crippen LogP contribution in [0.1, 0.15) is 56.3 Å². The molecule has 1 unspecified atom stereocenters. The Labute approximate surface area is 185 Å². The smallest absolute Gasteiger partial charge is 0.337 e. The van der Waals surface area contributed by atoms with Gasteiger partial charge in [-0.3, -0.25) is 19.5 Å². The normalized spacial score (nSPS) is 21.5. The van der Waals surface area contributed by atoms with Crippen molar-refractivity contribution in [2.45, 2.75) is 56.8 Å². The number of rotatable bonds is 3. The maximum absolute atomic E-state index is 12.6. The molecule has 2 saturated heterocycles. The summed E-state index contributed by atoms with van der Waals surface area (Å²) in [6, 6.07) is 5.07. The van der Waals surface area contributed by atoms with E-state index in [0.29, 0.717) is 19.0 Å². The van der Waals surface area contributed by atoms with Gasteiger partial charge in [0.25, 0.3) is 5.56 Å². The number of fused-ring (bicyclic) bond motifs is 1. The number of H-pyrrole nitrogens is 1. The van der Waals surface area contributed by atoms with Crippen molar-refractivity contribution in [2.24, 2.45) is 0 Å². The molecule has 6 nitrogen and oxygen atoms in total. The second-order valence-electron chi connectivity index (χ2n) is 8.61. The zero-order valence-corrected chi connectivity index (χ0v) is 17.8. The topological polar surface area (TPSA) is 69.3 Å². The van der Waals surface area contributed by atoms with Gasteiger partial charge in [-0.15, -0.1) is 0 Å². The molecule has 2 aromatic rings. The fourth-order valence-electron chi connectivity index (χ4n) is 4.29. The largest absolute Gasteiger partial charge is 0.416 e. The predicted octanol–water partition coefficient (Wildman–Crippen LogP) is 3.80. The highest BCUT2D eigenvalue weighted by atomic mass is 19.4. The van der Waals surface area contributed by atoms with Gasteiger partial charge in [0.1, 0.15) is 0 Å². The molecule has 1 aliphatic carbocycles. The van der Waals surface area contributed by atoms with E-state index in [2.05, 4.69) is 14.9 Å². The van der Waals surface area contributed by atoms with E-state index in [1.165, 1.54) is 31.2 Å². The van der Waals surface area contributed by atoms with Gasteiger partial charge in [0.05, 0.1) is 23.5 Å². The van der Waals surface area contributed by atoms with E-state index in [-0.39, 0.29) is 18.9 Å². The molecular weight excluding hydrogens is 421 g/mol. The lowest BCUT2D eigenvalue weighted by molar-refractivity contribution is -0.138. The Hall–Kier alpha value is -2.68. The minimum Gasteiger partial charge on any atom is -0.337 e. The Bertz CT molecular complexity index is 972. The number of carbonyl (C=O) groups excluding carboxylic acids is 1. The summed E-state index contributed by atoms with van der Waals surface area (Å²) in [4.78, 5) is 33.7. The molecule has 0 bridgehead atoms.